The molecule has 0 amide bonds. The molecule has 2 saturated carbocycles. The van der Waals surface area contributed by atoms with Crippen molar-refractivity contribution in [2.45, 2.75) is 76.4 Å². The maximum Gasteiger partial charge on any atom is 0.188 e. The van der Waals surface area contributed by atoms with Crippen LogP contribution in [-0.4, -0.2) is 42.6 Å². The third-order valence-corrected chi connectivity index (χ3v) is 4.55. The van der Waals surface area contributed by atoms with Gasteiger partial charge in [0.25, 0.3) is 0 Å². The summed E-state index contributed by atoms with van der Waals surface area (Å²) < 4.78 is 0. The molecule has 5 heteroatoms. The Bertz CT molecular complexity index is 296. The zero-order valence-corrected chi connectivity index (χ0v) is 15.3. The number of hydrogen-bond donors (Lipinski definition) is 2. The second kappa shape index (κ2) is 9.07. The summed E-state index contributed by atoms with van der Waals surface area (Å²) in [7, 11) is 2.20. The molecule has 0 heterocycles. The average Bonchev–Trinajstić information content (AvgIpc) is 3.22. The number of guanidine groups is 1. The van der Waals surface area contributed by atoms with Gasteiger partial charge < -0.3 is 11.1 Å². The number of nitrogens with two attached hydrogens (primary N) is 1. The standard InChI is InChI=1S/C15H30N4.HI/c1-12(19(2)14-9-10-14)11-17-15(16)18-13-7-5-3-4-6-8-13;/h12-14H,3-11H2,1-2H3,(H3,16,17,18);1H. The molecule has 2 aliphatic carbocycles. The number of hydrogen-bond acceptors (Lipinski definition) is 2. The molecule has 2 fully saturated rings. The minimum absolute atomic E-state index is 0. The summed E-state index contributed by atoms with van der Waals surface area (Å²) in [6, 6.07) is 1.82. The molecule has 0 saturated heterocycles. The van der Waals surface area contributed by atoms with Crippen LogP contribution in [-0.2, 0) is 0 Å². The molecule has 0 aromatic rings. The summed E-state index contributed by atoms with van der Waals surface area (Å²) in [6.07, 6.45) is 10.6. The number of likely N-dealkylation sites (N-methyl/N-ethyl adjacent to an activating group) is 1. The summed E-state index contributed by atoms with van der Waals surface area (Å²) in [5.41, 5.74) is 6.02. The highest BCUT2D eigenvalue weighted by Crippen LogP contribution is 2.26. The van der Waals surface area contributed by atoms with E-state index < -0.39 is 0 Å². The first kappa shape index (κ1) is 18.0. The number of nitrogens with one attached hydrogen (secondary N) is 1. The lowest BCUT2D eigenvalue weighted by molar-refractivity contribution is 0.253. The van der Waals surface area contributed by atoms with Gasteiger partial charge in [-0.2, -0.15) is 0 Å². The van der Waals surface area contributed by atoms with Crippen molar-refractivity contribution in [1.82, 2.24) is 10.2 Å². The predicted molar refractivity (Wildman–Crippen MR) is 96.8 cm³/mol. The van der Waals surface area contributed by atoms with Crippen LogP contribution in [0.5, 0.6) is 0 Å². The summed E-state index contributed by atoms with van der Waals surface area (Å²) >= 11 is 0. The first-order valence-corrected chi connectivity index (χ1v) is 7.95. The van der Waals surface area contributed by atoms with E-state index in [0.29, 0.717) is 18.0 Å². The van der Waals surface area contributed by atoms with Gasteiger partial charge >= 0.3 is 0 Å². The van der Waals surface area contributed by atoms with Crippen molar-refractivity contribution in [2.24, 2.45) is 10.7 Å². The predicted octanol–water partition coefficient (Wildman–Crippen LogP) is 2.71. The van der Waals surface area contributed by atoms with Crippen LogP contribution in [0, 0.1) is 0 Å². The van der Waals surface area contributed by atoms with Crippen molar-refractivity contribution >= 4 is 29.9 Å². The second-order valence-electron chi connectivity index (χ2n) is 6.30. The van der Waals surface area contributed by atoms with Crippen LogP contribution < -0.4 is 11.1 Å². The lowest BCUT2D eigenvalue weighted by Crippen LogP contribution is -2.41. The van der Waals surface area contributed by atoms with Gasteiger partial charge in [-0.25, -0.2) is 0 Å². The molecule has 1 atom stereocenters. The Labute approximate surface area is 141 Å². The van der Waals surface area contributed by atoms with Crippen molar-refractivity contribution in [1.29, 1.82) is 0 Å². The normalized spacial score (nSPS) is 23.1. The van der Waals surface area contributed by atoms with Crippen molar-refractivity contribution in [3.63, 3.8) is 0 Å². The Hall–Kier alpha value is -0.0400. The smallest absolute Gasteiger partial charge is 0.188 e. The van der Waals surface area contributed by atoms with E-state index in [-0.39, 0.29) is 24.0 Å². The number of halogens is 1. The summed E-state index contributed by atoms with van der Waals surface area (Å²) in [5, 5.41) is 3.41. The SMILES string of the molecule is CC(CN=C(N)NC1CCCCCC1)N(C)C1CC1.I. The number of rotatable bonds is 5. The maximum absolute atomic E-state index is 6.02. The highest BCUT2D eigenvalue weighted by molar-refractivity contribution is 14.0. The monoisotopic (exact) mass is 394 g/mol. The molecule has 4 nitrogen and oxygen atoms in total. The first-order valence-electron chi connectivity index (χ1n) is 7.95. The highest BCUT2D eigenvalue weighted by atomic mass is 127. The van der Waals surface area contributed by atoms with E-state index in [1.165, 1.54) is 51.4 Å². The topological polar surface area (TPSA) is 53.6 Å². The van der Waals surface area contributed by atoms with E-state index in [0.717, 1.165) is 12.6 Å². The molecule has 2 rings (SSSR count). The first-order chi connectivity index (χ1) is 9.16. The van der Waals surface area contributed by atoms with Gasteiger partial charge in [0.05, 0.1) is 6.54 Å². The van der Waals surface area contributed by atoms with Crippen LogP contribution >= 0.6 is 24.0 Å². The Morgan fingerprint density at radius 2 is 1.80 bits per heavy atom. The molecule has 20 heavy (non-hydrogen) atoms. The van der Waals surface area contributed by atoms with Crippen LogP contribution in [0.25, 0.3) is 0 Å². The van der Waals surface area contributed by atoms with Crippen molar-refractivity contribution < 1.29 is 0 Å². The van der Waals surface area contributed by atoms with Gasteiger partial charge in [0.15, 0.2) is 5.96 Å². The lowest BCUT2D eigenvalue weighted by Gasteiger charge is -2.23. The number of nitrogens with zero attached hydrogens (tertiary/aromatic N) is 2. The van der Waals surface area contributed by atoms with Crippen LogP contribution in [0.1, 0.15) is 58.3 Å². The molecule has 3 N–H and O–H groups in total. The fourth-order valence-corrected chi connectivity index (χ4v) is 2.88. The Morgan fingerprint density at radius 1 is 1.20 bits per heavy atom. The third kappa shape index (κ3) is 6.16. The van der Waals surface area contributed by atoms with E-state index in [1.54, 1.807) is 0 Å². The van der Waals surface area contributed by atoms with Crippen LogP contribution in [0.2, 0.25) is 0 Å². The largest absolute Gasteiger partial charge is 0.370 e. The van der Waals surface area contributed by atoms with Crippen LogP contribution in [0.4, 0.5) is 0 Å². The van der Waals surface area contributed by atoms with Gasteiger partial charge in [-0.3, -0.25) is 9.89 Å². The van der Waals surface area contributed by atoms with E-state index >= 15 is 0 Å². The Kier molecular flexibility index (Phi) is 8.17. The summed E-state index contributed by atoms with van der Waals surface area (Å²) in [4.78, 5) is 6.95. The maximum atomic E-state index is 6.02. The molecular formula is C15H31IN4. The van der Waals surface area contributed by atoms with Gasteiger partial charge in [0.1, 0.15) is 0 Å². The molecule has 0 aromatic heterocycles. The van der Waals surface area contributed by atoms with Gasteiger partial charge in [-0.1, -0.05) is 25.7 Å². The summed E-state index contributed by atoms with van der Waals surface area (Å²) in [6.45, 7) is 3.04. The molecule has 2 aliphatic rings. The van der Waals surface area contributed by atoms with Crippen molar-refractivity contribution in [3.8, 4) is 0 Å². The Balaban J connectivity index is 0.00000200. The van der Waals surface area contributed by atoms with E-state index in [4.69, 9.17) is 5.73 Å². The second-order valence-corrected chi connectivity index (χ2v) is 6.30. The molecule has 0 radical (unpaired) electrons. The van der Waals surface area contributed by atoms with E-state index in [9.17, 15) is 0 Å². The van der Waals surface area contributed by atoms with Gasteiger partial charge in [-0.15, -0.1) is 24.0 Å². The van der Waals surface area contributed by atoms with E-state index in [1.807, 2.05) is 0 Å². The molecule has 1 unspecified atom stereocenters. The lowest BCUT2D eigenvalue weighted by atomic mass is 10.1. The minimum atomic E-state index is 0. The molecule has 0 spiro atoms. The summed E-state index contributed by atoms with van der Waals surface area (Å²) in [5.74, 6) is 0.642. The fraction of sp³-hybridized carbons (Fsp3) is 0.933. The average molecular weight is 394 g/mol. The van der Waals surface area contributed by atoms with Crippen LogP contribution in [0.3, 0.4) is 0 Å². The quantitative estimate of drug-likeness (QED) is 0.326. The minimum Gasteiger partial charge on any atom is -0.370 e. The molecule has 118 valence electrons. The molecular weight excluding hydrogens is 363 g/mol. The highest BCUT2D eigenvalue weighted by Gasteiger charge is 2.28. The van der Waals surface area contributed by atoms with Crippen molar-refractivity contribution in [3.05, 3.63) is 0 Å². The van der Waals surface area contributed by atoms with Gasteiger partial charge in [-0.05, 0) is 39.7 Å². The van der Waals surface area contributed by atoms with Crippen molar-refractivity contribution in [2.75, 3.05) is 13.6 Å². The zero-order chi connectivity index (χ0) is 13.7. The fourth-order valence-electron chi connectivity index (χ4n) is 2.88. The van der Waals surface area contributed by atoms with Crippen LogP contribution in [0.15, 0.2) is 4.99 Å². The van der Waals surface area contributed by atoms with E-state index in [2.05, 4.69) is 29.2 Å². The third-order valence-electron chi connectivity index (χ3n) is 4.55. The Morgan fingerprint density at radius 3 is 2.35 bits per heavy atom. The zero-order valence-electron chi connectivity index (χ0n) is 13.0. The van der Waals surface area contributed by atoms with Gasteiger partial charge in [0.2, 0.25) is 0 Å². The molecule has 0 bridgehead atoms. The molecule has 0 aromatic carbocycles. The number of aliphatic imine (C=N–C) groups is 1. The van der Waals surface area contributed by atoms with Gasteiger partial charge in [0, 0.05) is 18.1 Å². The molecule has 0 aliphatic heterocycles.